The Bertz CT molecular complexity index is 1280. The van der Waals surface area contributed by atoms with Crippen LogP contribution in [0.5, 0.6) is 0 Å². The first-order valence-electron chi connectivity index (χ1n) is 8.94. The van der Waals surface area contributed by atoms with E-state index in [1.165, 1.54) is 0 Å². The maximum Gasteiger partial charge on any atom is 0.145 e. The van der Waals surface area contributed by atoms with Crippen molar-refractivity contribution in [2.24, 2.45) is 0 Å². The standard InChI is InChI=1S/C22H17FN4O/c23-14-22(28,19-13-25-20-6-2-1-5-18(19)20)16-7-8-21-15(10-16)11-26-27(21)17-4-3-9-24-12-17/h1-13,25,28H,14H2. The van der Waals surface area contributed by atoms with E-state index in [9.17, 15) is 9.50 Å². The van der Waals surface area contributed by atoms with E-state index in [0.717, 1.165) is 27.5 Å². The molecule has 0 aliphatic heterocycles. The van der Waals surface area contributed by atoms with Crippen LogP contribution in [-0.4, -0.2) is 31.5 Å². The average Bonchev–Trinajstić information content (AvgIpc) is 3.38. The Morgan fingerprint density at radius 3 is 2.79 bits per heavy atom. The Labute approximate surface area is 160 Å². The molecule has 3 aromatic heterocycles. The fourth-order valence-electron chi connectivity index (χ4n) is 3.69. The number of para-hydroxylation sites is 1. The second-order valence-corrected chi connectivity index (χ2v) is 6.78. The van der Waals surface area contributed by atoms with Crippen molar-refractivity contribution in [2.75, 3.05) is 6.67 Å². The van der Waals surface area contributed by atoms with Crippen LogP contribution in [0.25, 0.3) is 27.5 Å². The van der Waals surface area contributed by atoms with Gasteiger partial charge in [0.15, 0.2) is 0 Å². The number of alkyl halides is 1. The molecule has 5 aromatic rings. The zero-order chi connectivity index (χ0) is 19.1. The van der Waals surface area contributed by atoms with Gasteiger partial charge in [-0.25, -0.2) is 9.07 Å². The highest BCUT2D eigenvalue weighted by Gasteiger charge is 2.34. The molecule has 0 saturated carbocycles. The molecule has 1 atom stereocenters. The van der Waals surface area contributed by atoms with Gasteiger partial charge in [-0.05, 0) is 35.9 Å². The molecule has 5 rings (SSSR count). The number of benzene rings is 2. The van der Waals surface area contributed by atoms with Crippen molar-refractivity contribution in [3.63, 3.8) is 0 Å². The molecular formula is C22H17FN4O. The first-order valence-corrected chi connectivity index (χ1v) is 8.94. The molecule has 0 aliphatic carbocycles. The highest BCUT2D eigenvalue weighted by Crippen LogP contribution is 2.36. The molecule has 6 heteroatoms. The van der Waals surface area contributed by atoms with Crippen LogP contribution in [0, 0.1) is 0 Å². The third-order valence-electron chi connectivity index (χ3n) is 5.16. The monoisotopic (exact) mass is 372 g/mol. The first kappa shape index (κ1) is 16.6. The maximum atomic E-state index is 14.2. The van der Waals surface area contributed by atoms with Gasteiger partial charge in [0.1, 0.15) is 12.3 Å². The zero-order valence-electron chi connectivity index (χ0n) is 14.9. The van der Waals surface area contributed by atoms with Gasteiger partial charge in [-0.15, -0.1) is 0 Å². The number of fused-ring (bicyclic) bond motifs is 2. The molecule has 138 valence electrons. The van der Waals surface area contributed by atoms with Crippen molar-refractivity contribution in [1.82, 2.24) is 19.7 Å². The van der Waals surface area contributed by atoms with Crippen LogP contribution in [0.2, 0.25) is 0 Å². The quantitative estimate of drug-likeness (QED) is 0.499. The highest BCUT2D eigenvalue weighted by molar-refractivity contribution is 5.86. The maximum absolute atomic E-state index is 14.2. The molecule has 28 heavy (non-hydrogen) atoms. The van der Waals surface area contributed by atoms with E-state index < -0.39 is 12.3 Å². The average molecular weight is 372 g/mol. The van der Waals surface area contributed by atoms with Gasteiger partial charge < -0.3 is 10.1 Å². The normalized spacial score (nSPS) is 13.8. The predicted molar refractivity (Wildman–Crippen MR) is 106 cm³/mol. The Morgan fingerprint density at radius 2 is 1.96 bits per heavy atom. The molecule has 0 saturated heterocycles. The number of rotatable bonds is 4. The molecule has 0 spiro atoms. The van der Waals surface area contributed by atoms with Gasteiger partial charge in [0, 0.05) is 34.2 Å². The van der Waals surface area contributed by atoms with Gasteiger partial charge in [-0.2, -0.15) is 5.10 Å². The van der Waals surface area contributed by atoms with E-state index in [4.69, 9.17) is 0 Å². The molecule has 3 heterocycles. The third-order valence-corrected chi connectivity index (χ3v) is 5.16. The lowest BCUT2D eigenvalue weighted by atomic mass is 9.86. The second kappa shape index (κ2) is 6.28. The number of pyridine rings is 1. The summed E-state index contributed by atoms with van der Waals surface area (Å²) in [5.74, 6) is 0. The number of hydrogen-bond acceptors (Lipinski definition) is 3. The van der Waals surface area contributed by atoms with Crippen molar-refractivity contribution in [2.45, 2.75) is 5.60 Å². The molecule has 2 N–H and O–H groups in total. The second-order valence-electron chi connectivity index (χ2n) is 6.78. The first-order chi connectivity index (χ1) is 13.7. The van der Waals surface area contributed by atoms with Crippen LogP contribution in [0.15, 0.2) is 79.4 Å². The Kier molecular flexibility index (Phi) is 3.74. The number of halogens is 1. The predicted octanol–water partition coefficient (Wildman–Crippen LogP) is 4.11. The smallest absolute Gasteiger partial charge is 0.145 e. The van der Waals surface area contributed by atoms with Crippen LogP contribution in [0.1, 0.15) is 11.1 Å². The third kappa shape index (κ3) is 2.42. The number of aromatic amines is 1. The van der Waals surface area contributed by atoms with E-state index in [-0.39, 0.29) is 0 Å². The van der Waals surface area contributed by atoms with Gasteiger partial charge in [-0.1, -0.05) is 24.3 Å². The van der Waals surface area contributed by atoms with Crippen LogP contribution in [-0.2, 0) is 5.60 Å². The molecule has 0 bridgehead atoms. The molecule has 0 aliphatic rings. The molecule has 0 radical (unpaired) electrons. The number of H-pyrrole nitrogens is 1. The molecule has 0 fully saturated rings. The Hall–Kier alpha value is -3.51. The van der Waals surface area contributed by atoms with E-state index in [1.807, 2.05) is 42.5 Å². The lowest BCUT2D eigenvalue weighted by Crippen LogP contribution is -2.29. The minimum absolute atomic E-state index is 0.484. The summed E-state index contributed by atoms with van der Waals surface area (Å²) in [6, 6.07) is 16.7. The van der Waals surface area contributed by atoms with Crippen LogP contribution in [0.3, 0.4) is 0 Å². The molecule has 0 amide bonds. The van der Waals surface area contributed by atoms with Gasteiger partial charge in [-0.3, -0.25) is 4.98 Å². The fourth-order valence-corrected chi connectivity index (χ4v) is 3.69. The van der Waals surface area contributed by atoms with E-state index >= 15 is 0 Å². The summed E-state index contributed by atoms with van der Waals surface area (Å²) >= 11 is 0. The number of hydrogen-bond donors (Lipinski definition) is 2. The minimum atomic E-state index is -1.75. The topological polar surface area (TPSA) is 66.7 Å². The molecular weight excluding hydrogens is 355 g/mol. The van der Waals surface area contributed by atoms with Gasteiger partial charge in [0.25, 0.3) is 0 Å². The summed E-state index contributed by atoms with van der Waals surface area (Å²) in [6.45, 7) is -0.933. The van der Waals surface area contributed by atoms with E-state index in [1.54, 1.807) is 41.6 Å². The Morgan fingerprint density at radius 1 is 1.07 bits per heavy atom. The number of nitrogens with zero attached hydrogens (tertiary/aromatic N) is 3. The van der Waals surface area contributed by atoms with Crippen molar-refractivity contribution in [3.05, 3.63) is 90.5 Å². The van der Waals surface area contributed by atoms with Crippen molar-refractivity contribution < 1.29 is 9.50 Å². The summed E-state index contributed by atoms with van der Waals surface area (Å²) in [5.41, 5.74) is 1.81. The lowest BCUT2D eigenvalue weighted by Gasteiger charge is -2.25. The molecule has 1 unspecified atom stereocenters. The summed E-state index contributed by atoms with van der Waals surface area (Å²) in [5, 5.41) is 17.3. The van der Waals surface area contributed by atoms with E-state index in [0.29, 0.717) is 11.1 Å². The van der Waals surface area contributed by atoms with Crippen LogP contribution < -0.4 is 0 Å². The SMILES string of the molecule is OC(CF)(c1ccc2c(cnn2-c2cccnc2)c1)c1c[nH]c2ccccc12. The van der Waals surface area contributed by atoms with Gasteiger partial charge in [0.2, 0.25) is 0 Å². The fraction of sp³-hybridized carbons (Fsp3) is 0.0909. The van der Waals surface area contributed by atoms with Crippen LogP contribution >= 0.6 is 0 Å². The summed E-state index contributed by atoms with van der Waals surface area (Å²) in [6.07, 6.45) is 6.81. The minimum Gasteiger partial charge on any atom is -0.378 e. The highest BCUT2D eigenvalue weighted by atomic mass is 19.1. The zero-order valence-corrected chi connectivity index (χ0v) is 14.9. The number of nitrogens with one attached hydrogen (secondary N) is 1. The van der Waals surface area contributed by atoms with Crippen molar-refractivity contribution in [1.29, 1.82) is 0 Å². The Balaban J connectivity index is 1.65. The molecule has 2 aromatic carbocycles. The summed E-state index contributed by atoms with van der Waals surface area (Å²) in [4.78, 5) is 7.24. The van der Waals surface area contributed by atoms with E-state index in [2.05, 4.69) is 15.1 Å². The van der Waals surface area contributed by atoms with Crippen LogP contribution in [0.4, 0.5) is 4.39 Å². The van der Waals surface area contributed by atoms with Crippen molar-refractivity contribution >= 4 is 21.8 Å². The molecule has 5 nitrogen and oxygen atoms in total. The summed E-state index contributed by atoms with van der Waals surface area (Å²) < 4.78 is 16.0. The summed E-state index contributed by atoms with van der Waals surface area (Å²) in [7, 11) is 0. The number of aliphatic hydroxyl groups is 1. The van der Waals surface area contributed by atoms with Crippen molar-refractivity contribution in [3.8, 4) is 5.69 Å². The largest absolute Gasteiger partial charge is 0.378 e. The number of aromatic nitrogens is 4. The lowest BCUT2D eigenvalue weighted by molar-refractivity contribution is 0.0534. The van der Waals surface area contributed by atoms with Gasteiger partial charge in [0.05, 0.1) is 23.6 Å². The van der Waals surface area contributed by atoms with Gasteiger partial charge >= 0.3 is 0 Å².